The van der Waals surface area contributed by atoms with Crippen molar-refractivity contribution in [2.75, 3.05) is 12.8 Å². The van der Waals surface area contributed by atoms with Crippen LogP contribution in [0.3, 0.4) is 0 Å². The van der Waals surface area contributed by atoms with Gasteiger partial charge in [-0.3, -0.25) is 0 Å². The average molecular weight is 354 g/mol. The smallest absolute Gasteiger partial charge is 0.126 e. The minimum atomic E-state index is -0.141. The molecule has 1 atom stereocenters. The highest BCUT2D eigenvalue weighted by molar-refractivity contribution is 9.10. The van der Waals surface area contributed by atoms with Gasteiger partial charge in [-0.15, -0.1) is 11.8 Å². The van der Waals surface area contributed by atoms with E-state index >= 15 is 0 Å². The minimum absolute atomic E-state index is 0.141. The van der Waals surface area contributed by atoms with Crippen LogP contribution in [0.1, 0.15) is 5.56 Å². The van der Waals surface area contributed by atoms with Gasteiger partial charge in [-0.05, 0) is 49.4 Å². The number of thioether (sulfide) groups is 1. The van der Waals surface area contributed by atoms with Crippen LogP contribution in [0.15, 0.2) is 57.9 Å². The molecule has 0 saturated carbocycles. The minimum Gasteiger partial charge on any atom is -0.316 e. The van der Waals surface area contributed by atoms with Gasteiger partial charge in [-0.1, -0.05) is 34.1 Å². The summed E-state index contributed by atoms with van der Waals surface area (Å²) >= 11 is 5.18. The number of nitrogens with one attached hydrogen (secondary N) is 1. The van der Waals surface area contributed by atoms with Crippen LogP contribution in [-0.2, 0) is 6.42 Å². The molecule has 0 bridgehead atoms. The Morgan fingerprint density at radius 2 is 1.95 bits per heavy atom. The second-order valence-corrected chi connectivity index (χ2v) is 6.56. The summed E-state index contributed by atoms with van der Waals surface area (Å²) in [7, 11) is 1.92. The lowest BCUT2D eigenvalue weighted by Gasteiger charge is -2.16. The van der Waals surface area contributed by atoms with Crippen molar-refractivity contribution in [3.63, 3.8) is 0 Å². The standard InChI is InChI=1S/C16H17BrFNS/c1-19-14(11-20-15-5-3-2-4-6-15)10-12-9-13(17)7-8-16(12)18/h2-9,14,19H,10-11H2,1H3. The normalized spacial score (nSPS) is 12.3. The van der Waals surface area contributed by atoms with E-state index in [0.29, 0.717) is 6.42 Å². The zero-order chi connectivity index (χ0) is 14.4. The molecule has 106 valence electrons. The second-order valence-electron chi connectivity index (χ2n) is 4.55. The van der Waals surface area contributed by atoms with Crippen molar-refractivity contribution in [2.24, 2.45) is 0 Å². The van der Waals surface area contributed by atoms with Gasteiger partial charge in [-0.2, -0.15) is 0 Å². The Labute approximate surface area is 132 Å². The van der Waals surface area contributed by atoms with E-state index in [9.17, 15) is 4.39 Å². The van der Waals surface area contributed by atoms with Crippen LogP contribution < -0.4 is 5.32 Å². The highest BCUT2D eigenvalue weighted by Gasteiger charge is 2.11. The van der Waals surface area contributed by atoms with E-state index in [4.69, 9.17) is 0 Å². The predicted octanol–water partition coefficient (Wildman–Crippen LogP) is 4.51. The molecule has 1 N–H and O–H groups in total. The van der Waals surface area contributed by atoms with Crippen LogP contribution in [0.2, 0.25) is 0 Å². The molecule has 0 aliphatic heterocycles. The Bertz CT molecular complexity index is 547. The van der Waals surface area contributed by atoms with Gasteiger partial charge in [0, 0.05) is 21.2 Å². The summed E-state index contributed by atoms with van der Waals surface area (Å²) in [6.45, 7) is 0. The van der Waals surface area contributed by atoms with Gasteiger partial charge in [-0.25, -0.2) is 4.39 Å². The summed E-state index contributed by atoms with van der Waals surface area (Å²) in [5.74, 6) is 0.769. The van der Waals surface area contributed by atoms with Gasteiger partial charge in [0.25, 0.3) is 0 Å². The maximum atomic E-state index is 13.8. The van der Waals surface area contributed by atoms with Crippen molar-refractivity contribution in [3.8, 4) is 0 Å². The van der Waals surface area contributed by atoms with Crippen molar-refractivity contribution >= 4 is 27.7 Å². The SMILES string of the molecule is CNC(CSc1ccccc1)Cc1cc(Br)ccc1F. The molecule has 0 fully saturated rings. The Hall–Kier alpha value is -0.840. The van der Waals surface area contributed by atoms with Gasteiger partial charge in [0.2, 0.25) is 0 Å². The number of halogens is 2. The van der Waals surface area contributed by atoms with Crippen LogP contribution >= 0.6 is 27.7 Å². The van der Waals surface area contributed by atoms with Gasteiger partial charge in [0.1, 0.15) is 5.82 Å². The molecular formula is C16H17BrFNS. The van der Waals surface area contributed by atoms with Crippen LogP contribution in [0.25, 0.3) is 0 Å². The molecule has 2 rings (SSSR count). The maximum Gasteiger partial charge on any atom is 0.126 e. The first-order chi connectivity index (χ1) is 9.69. The summed E-state index contributed by atoms with van der Waals surface area (Å²) in [5.41, 5.74) is 0.743. The number of hydrogen-bond acceptors (Lipinski definition) is 2. The van der Waals surface area contributed by atoms with Crippen molar-refractivity contribution in [2.45, 2.75) is 17.4 Å². The van der Waals surface area contributed by atoms with E-state index < -0.39 is 0 Å². The first-order valence-corrected chi connectivity index (χ1v) is 8.26. The predicted molar refractivity (Wildman–Crippen MR) is 87.8 cm³/mol. The van der Waals surface area contributed by atoms with Crippen LogP contribution in [0, 0.1) is 5.82 Å². The molecule has 20 heavy (non-hydrogen) atoms. The Morgan fingerprint density at radius 1 is 1.20 bits per heavy atom. The molecule has 1 unspecified atom stereocenters. The highest BCUT2D eigenvalue weighted by Crippen LogP contribution is 2.21. The Balaban J connectivity index is 1.97. The maximum absolute atomic E-state index is 13.8. The van der Waals surface area contributed by atoms with Crippen molar-refractivity contribution in [1.82, 2.24) is 5.32 Å². The zero-order valence-electron chi connectivity index (χ0n) is 11.3. The van der Waals surface area contributed by atoms with E-state index in [1.54, 1.807) is 17.8 Å². The molecule has 1 nitrogen and oxygen atoms in total. The van der Waals surface area contributed by atoms with Crippen molar-refractivity contribution < 1.29 is 4.39 Å². The second kappa shape index (κ2) is 7.81. The highest BCUT2D eigenvalue weighted by atomic mass is 79.9. The first kappa shape index (κ1) is 15.5. The van der Waals surface area contributed by atoms with Crippen LogP contribution in [0.4, 0.5) is 4.39 Å². The summed E-state index contributed by atoms with van der Waals surface area (Å²) in [6, 6.07) is 15.6. The van der Waals surface area contributed by atoms with Crippen molar-refractivity contribution in [3.05, 3.63) is 64.4 Å². The molecule has 2 aromatic carbocycles. The molecule has 0 aliphatic rings. The molecular weight excluding hydrogens is 337 g/mol. The molecule has 0 amide bonds. The molecule has 0 heterocycles. The van der Waals surface area contributed by atoms with Crippen LogP contribution in [-0.4, -0.2) is 18.8 Å². The molecule has 0 saturated heterocycles. The quantitative estimate of drug-likeness (QED) is 0.766. The third-order valence-electron chi connectivity index (χ3n) is 3.08. The molecule has 0 aliphatic carbocycles. The largest absolute Gasteiger partial charge is 0.316 e. The number of hydrogen-bond donors (Lipinski definition) is 1. The van der Waals surface area contributed by atoms with E-state index in [-0.39, 0.29) is 11.9 Å². The lowest BCUT2D eigenvalue weighted by molar-refractivity contribution is 0.568. The zero-order valence-corrected chi connectivity index (χ0v) is 13.7. The fraction of sp³-hybridized carbons (Fsp3) is 0.250. The van der Waals surface area contributed by atoms with E-state index in [0.717, 1.165) is 15.8 Å². The van der Waals surface area contributed by atoms with E-state index in [1.165, 1.54) is 11.0 Å². The summed E-state index contributed by atoms with van der Waals surface area (Å²) in [4.78, 5) is 1.24. The number of benzene rings is 2. The van der Waals surface area contributed by atoms with E-state index in [1.807, 2.05) is 31.3 Å². The summed E-state index contributed by atoms with van der Waals surface area (Å²) in [6.07, 6.45) is 0.682. The molecule has 0 radical (unpaired) electrons. The molecule has 0 spiro atoms. The van der Waals surface area contributed by atoms with Crippen LogP contribution in [0.5, 0.6) is 0 Å². The number of rotatable bonds is 6. The molecule has 2 aromatic rings. The van der Waals surface area contributed by atoms with Crippen molar-refractivity contribution in [1.29, 1.82) is 0 Å². The number of likely N-dealkylation sites (N-methyl/N-ethyl adjacent to an activating group) is 1. The lowest BCUT2D eigenvalue weighted by Crippen LogP contribution is -2.30. The topological polar surface area (TPSA) is 12.0 Å². The summed E-state index contributed by atoms with van der Waals surface area (Å²) < 4.78 is 14.7. The summed E-state index contributed by atoms with van der Waals surface area (Å²) in [5, 5.41) is 3.26. The van der Waals surface area contributed by atoms with Gasteiger partial charge in [0.15, 0.2) is 0 Å². The van der Waals surface area contributed by atoms with Gasteiger partial charge >= 0.3 is 0 Å². The Morgan fingerprint density at radius 3 is 2.65 bits per heavy atom. The molecule has 0 aromatic heterocycles. The average Bonchev–Trinajstić information content (AvgIpc) is 2.48. The fourth-order valence-corrected chi connectivity index (χ4v) is 3.36. The Kier molecular flexibility index (Phi) is 6.07. The third-order valence-corrected chi connectivity index (χ3v) is 4.74. The molecule has 4 heteroatoms. The van der Waals surface area contributed by atoms with Gasteiger partial charge in [0.05, 0.1) is 0 Å². The third kappa shape index (κ3) is 4.62. The lowest BCUT2D eigenvalue weighted by atomic mass is 10.1. The fourth-order valence-electron chi connectivity index (χ4n) is 1.92. The van der Waals surface area contributed by atoms with E-state index in [2.05, 4.69) is 33.4 Å². The first-order valence-electron chi connectivity index (χ1n) is 6.48. The van der Waals surface area contributed by atoms with Gasteiger partial charge < -0.3 is 5.32 Å². The monoisotopic (exact) mass is 353 g/mol.